The summed E-state index contributed by atoms with van der Waals surface area (Å²) in [6, 6.07) is 19.5. The van der Waals surface area contributed by atoms with E-state index in [4.69, 9.17) is 9.47 Å². The number of rotatable bonds is 16. The minimum absolute atomic E-state index is 0.0992. The maximum Gasteiger partial charge on any atom is 0.251 e. The zero-order valence-corrected chi connectivity index (χ0v) is 22.5. The van der Waals surface area contributed by atoms with Crippen molar-refractivity contribution in [3.8, 4) is 0 Å². The lowest BCUT2D eigenvalue weighted by molar-refractivity contribution is 0.0519. The first-order chi connectivity index (χ1) is 19.3. The molecule has 0 radical (unpaired) electrons. The molecule has 1 fully saturated rings. The molecular formula is C29H39N7O3. The molecule has 0 saturated carbocycles. The third kappa shape index (κ3) is 10.1. The Balaban J connectivity index is 1.14. The molecule has 1 aliphatic heterocycles. The van der Waals surface area contributed by atoms with E-state index in [0.29, 0.717) is 62.9 Å². The number of piperidine rings is 1. The molecule has 1 amide bonds. The van der Waals surface area contributed by atoms with Gasteiger partial charge in [0.05, 0.1) is 26.4 Å². The summed E-state index contributed by atoms with van der Waals surface area (Å²) in [5.74, 6) is 1.74. The van der Waals surface area contributed by atoms with E-state index < -0.39 is 0 Å². The van der Waals surface area contributed by atoms with E-state index in [-0.39, 0.29) is 5.91 Å². The number of carbonyl (C=O) groups is 1. The zero-order chi connectivity index (χ0) is 27.0. The molecule has 2 aromatic carbocycles. The molecule has 0 unspecified atom stereocenters. The smallest absolute Gasteiger partial charge is 0.251 e. The van der Waals surface area contributed by atoms with Crippen LogP contribution in [0, 0.1) is 0 Å². The van der Waals surface area contributed by atoms with E-state index in [0.717, 1.165) is 38.9 Å². The Labute approximate surface area is 230 Å². The van der Waals surface area contributed by atoms with Crippen molar-refractivity contribution < 1.29 is 14.3 Å². The predicted octanol–water partition coefficient (Wildman–Crippen LogP) is 3.39. The Kier molecular flexibility index (Phi) is 11.8. The molecular weight excluding hydrogens is 494 g/mol. The molecule has 39 heavy (non-hydrogen) atoms. The Morgan fingerprint density at radius 1 is 0.718 bits per heavy atom. The minimum atomic E-state index is -0.0992. The normalized spacial score (nSPS) is 13.2. The Hall–Kier alpha value is -3.76. The van der Waals surface area contributed by atoms with Crippen LogP contribution < -0.4 is 20.9 Å². The summed E-state index contributed by atoms with van der Waals surface area (Å²) in [7, 11) is 0. The zero-order valence-electron chi connectivity index (χ0n) is 22.5. The van der Waals surface area contributed by atoms with Crippen molar-refractivity contribution in [3.05, 3.63) is 71.8 Å². The van der Waals surface area contributed by atoms with Gasteiger partial charge in [-0.1, -0.05) is 48.5 Å². The monoisotopic (exact) mass is 533 g/mol. The van der Waals surface area contributed by atoms with Crippen LogP contribution in [0.2, 0.25) is 0 Å². The van der Waals surface area contributed by atoms with Crippen LogP contribution in [-0.2, 0) is 15.9 Å². The average molecular weight is 534 g/mol. The van der Waals surface area contributed by atoms with E-state index in [1.54, 1.807) is 12.1 Å². The molecule has 1 saturated heterocycles. The Morgan fingerprint density at radius 2 is 1.33 bits per heavy atom. The Bertz CT molecular complexity index is 1110. The Morgan fingerprint density at radius 3 is 2.03 bits per heavy atom. The number of amides is 1. The molecule has 2 heterocycles. The number of ether oxygens (including phenoxy) is 2. The number of nitrogens with zero attached hydrogens (tertiary/aromatic N) is 4. The van der Waals surface area contributed by atoms with Crippen LogP contribution in [0.25, 0.3) is 0 Å². The topological polar surface area (TPSA) is 114 Å². The lowest BCUT2D eigenvalue weighted by Crippen LogP contribution is -2.31. The lowest BCUT2D eigenvalue weighted by atomic mass is 10.1. The van der Waals surface area contributed by atoms with Gasteiger partial charge in [0, 0.05) is 38.3 Å². The molecule has 1 aromatic heterocycles. The highest BCUT2D eigenvalue weighted by molar-refractivity contribution is 5.94. The first-order valence-corrected chi connectivity index (χ1v) is 13.8. The molecule has 0 atom stereocenters. The number of carbonyl (C=O) groups excluding carboxylic acids is 1. The molecule has 0 bridgehead atoms. The highest BCUT2D eigenvalue weighted by Gasteiger charge is 2.16. The van der Waals surface area contributed by atoms with E-state index in [1.165, 1.54) is 12.0 Å². The minimum Gasteiger partial charge on any atom is -0.377 e. The third-order valence-corrected chi connectivity index (χ3v) is 6.27. The summed E-state index contributed by atoms with van der Waals surface area (Å²) in [4.78, 5) is 28.2. The summed E-state index contributed by atoms with van der Waals surface area (Å²) in [5, 5.41) is 9.47. The molecule has 3 aromatic rings. The number of hydrogen-bond donors (Lipinski definition) is 3. The van der Waals surface area contributed by atoms with Gasteiger partial charge in [0.2, 0.25) is 17.8 Å². The molecule has 10 heteroatoms. The van der Waals surface area contributed by atoms with Crippen molar-refractivity contribution >= 4 is 23.8 Å². The lowest BCUT2D eigenvalue weighted by Gasteiger charge is -2.27. The van der Waals surface area contributed by atoms with Crippen molar-refractivity contribution in [2.45, 2.75) is 25.7 Å². The molecule has 0 spiro atoms. The van der Waals surface area contributed by atoms with Gasteiger partial charge in [0.25, 0.3) is 5.91 Å². The van der Waals surface area contributed by atoms with Crippen molar-refractivity contribution in [2.75, 3.05) is 74.7 Å². The van der Waals surface area contributed by atoms with Crippen LogP contribution in [0.1, 0.15) is 35.2 Å². The molecule has 208 valence electrons. The van der Waals surface area contributed by atoms with Crippen LogP contribution in [0.4, 0.5) is 17.8 Å². The van der Waals surface area contributed by atoms with Gasteiger partial charge in [-0.2, -0.15) is 15.0 Å². The second-order valence-corrected chi connectivity index (χ2v) is 9.27. The number of hydrogen-bond acceptors (Lipinski definition) is 9. The summed E-state index contributed by atoms with van der Waals surface area (Å²) in [6.07, 6.45) is 4.45. The van der Waals surface area contributed by atoms with Crippen LogP contribution in [0.3, 0.4) is 0 Å². The van der Waals surface area contributed by atoms with Gasteiger partial charge in [-0.25, -0.2) is 0 Å². The van der Waals surface area contributed by atoms with Crippen molar-refractivity contribution in [1.82, 2.24) is 20.3 Å². The van der Waals surface area contributed by atoms with Gasteiger partial charge in [-0.15, -0.1) is 0 Å². The van der Waals surface area contributed by atoms with Crippen LogP contribution >= 0.6 is 0 Å². The van der Waals surface area contributed by atoms with Crippen molar-refractivity contribution in [3.63, 3.8) is 0 Å². The number of benzene rings is 2. The predicted molar refractivity (Wildman–Crippen MR) is 153 cm³/mol. The fourth-order valence-corrected chi connectivity index (χ4v) is 4.21. The van der Waals surface area contributed by atoms with E-state index in [1.807, 2.05) is 24.3 Å². The average Bonchev–Trinajstić information content (AvgIpc) is 2.99. The fraction of sp³-hybridized carbons (Fsp3) is 0.448. The quantitative estimate of drug-likeness (QED) is 0.238. The summed E-state index contributed by atoms with van der Waals surface area (Å²) in [6.45, 7) is 5.55. The first kappa shape index (κ1) is 28.3. The van der Waals surface area contributed by atoms with Crippen molar-refractivity contribution in [1.29, 1.82) is 0 Å². The maximum absolute atomic E-state index is 12.0. The fourth-order valence-electron chi connectivity index (χ4n) is 4.21. The van der Waals surface area contributed by atoms with E-state index in [9.17, 15) is 4.79 Å². The largest absolute Gasteiger partial charge is 0.377 e. The number of nitrogens with one attached hydrogen (secondary N) is 3. The van der Waals surface area contributed by atoms with Gasteiger partial charge in [0.1, 0.15) is 0 Å². The van der Waals surface area contributed by atoms with Gasteiger partial charge < -0.3 is 30.3 Å². The number of anilines is 3. The van der Waals surface area contributed by atoms with Gasteiger partial charge in [-0.05, 0) is 43.4 Å². The van der Waals surface area contributed by atoms with Gasteiger partial charge >= 0.3 is 0 Å². The summed E-state index contributed by atoms with van der Waals surface area (Å²) >= 11 is 0. The maximum atomic E-state index is 12.0. The molecule has 4 rings (SSSR count). The van der Waals surface area contributed by atoms with E-state index in [2.05, 4.69) is 60.1 Å². The SMILES string of the molecule is O=C(NCCOCCOCCNc1nc(NCCc2ccccc2)nc(N2CCCCC2)n1)c1ccccc1. The highest BCUT2D eigenvalue weighted by Crippen LogP contribution is 2.18. The third-order valence-electron chi connectivity index (χ3n) is 6.27. The van der Waals surface area contributed by atoms with Crippen LogP contribution in [-0.4, -0.2) is 80.0 Å². The molecule has 3 N–H and O–H groups in total. The van der Waals surface area contributed by atoms with E-state index >= 15 is 0 Å². The summed E-state index contributed by atoms with van der Waals surface area (Å²) in [5.41, 5.74) is 1.91. The molecule has 10 nitrogen and oxygen atoms in total. The standard InChI is InChI=1S/C29H39N7O3/c37-26(25-12-6-2-7-13-25)30-16-20-38-22-23-39-21-17-32-28-33-27(31-15-14-24-10-4-1-5-11-24)34-29(35-28)36-18-8-3-9-19-36/h1-2,4-7,10-13H,3,8-9,14-23H2,(H,30,37)(H2,31,32,33,34,35). The van der Waals surface area contributed by atoms with Crippen LogP contribution in [0.15, 0.2) is 60.7 Å². The van der Waals surface area contributed by atoms with Crippen molar-refractivity contribution in [2.24, 2.45) is 0 Å². The number of aromatic nitrogens is 3. The first-order valence-electron chi connectivity index (χ1n) is 13.8. The molecule has 1 aliphatic rings. The van der Waals surface area contributed by atoms with Gasteiger partial charge in [0.15, 0.2) is 0 Å². The van der Waals surface area contributed by atoms with Crippen LogP contribution in [0.5, 0.6) is 0 Å². The highest BCUT2D eigenvalue weighted by atomic mass is 16.5. The second-order valence-electron chi connectivity index (χ2n) is 9.27. The second kappa shape index (κ2) is 16.3. The molecule has 0 aliphatic carbocycles. The van der Waals surface area contributed by atoms with Gasteiger partial charge in [-0.3, -0.25) is 4.79 Å². The summed E-state index contributed by atoms with van der Waals surface area (Å²) < 4.78 is 11.2.